The molecule has 1 nitrogen and oxygen atoms in total. The predicted octanol–water partition coefficient (Wildman–Crippen LogP) is 13.0. The van der Waals surface area contributed by atoms with Gasteiger partial charge in [-0.2, -0.15) is 0 Å². The molecule has 294 valence electrons. The van der Waals surface area contributed by atoms with Crippen molar-refractivity contribution in [1.29, 1.82) is 0 Å². The first-order valence-electron chi connectivity index (χ1n) is 22.0. The van der Waals surface area contributed by atoms with E-state index >= 15 is 0 Å². The number of rotatable bonds is 8. The lowest BCUT2D eigenvalue weighted by atomic mass is 9.36. The third-order valence-corrected chi connectivity index (χ3v) is 13.4. The minimum atomic E-state index is -0.474. The summed E-state index contributed by atoms with van der Waals surface area (Å²) >= 11 is 0. The second-order valence-electron chi connectivity index (χ2n) is 16.8. The molecule has 1 aromatic heterocycles. The number of aromatic nitrogens is 1. The van der Waals surface area contributed by atoms with Crippen molar-refractivity contribution in [2.24, 2.45) is 0 Å². The summed E-state index contributed by atoms with van der Waals surface area (Å²) in [6, 6.07) is 94.1. The lowest BCUT2D eigenvalue weighted by Gasteiger charge is -2.34. The van der Waals surface area contributed by atoms with Crippen LogP contribution < -0.4 is 16.4 Å². The summed E-state index contributed by atoms with van der Waals surface area (Å²) in [5.41, 5.74) is 19.5. The average Bonchev–Trinajstić information content (AvgIpc) is 3.86. The van der Waals surface area contributed by atoms with E-state index in [2.05, 4.69) is 259 Å². The van der Waals surface area contributed by atoms with Gasteiger partial charge in [-0.15, -0.1) is 0 Å². The van der Waals surface area contributed by atoms with Crippen LogP contribution in [0, 0.1) is 0 Å². The van der Waals surface area contributed by atoms with Crippen LogP contribution in [0.2, 0.25) is 0 Å². The monoisotopic (exact) mass is 799 g/mol. The SMILES string of the molecule is c1ccc(-c2ccc(B(c3ccc(-c4ccc5c(c4)c4ccccc4n5-c4ccccc4)cc3)c3ccc4c(c3)C(c3ccccc3)(c3ccccc3)c3ccccc3-4)cc2)cc1. The number of nitrogens with zero attached hydrogens (tertiary/aromatic N) is 1. The molecule has 1 aliphatic rings. The fraction of sp³-hybridized carbons (Fsp3) is 0.0164. The van der Waals surface area contributed by atoms with E-state index in [1.54, 1.807) is 0 Å². The third kappa shape index (κ3) is 6.02. The van der Waals surface area contributed by atoms with E-state index in [1.807, 2.05) is 0 Å². The summed E-state index contributed by atoms with van der Waals surface area (Å²) in [5, 5.41) is 2.52. The van der Waals surface area contributed by atoms with Gasteiger partial charge in [-0.3, -0.25) is 0 Å². The highest BCUT2D eigenvalue weighted by atomic mass is 15.0. The minimum Gasteiger partial charge on any atom is -0.309 e. The van der Waals surface area contributed by atoms with Crippen LogP contribution in [0.25, 0.3) is 60.9 Å². The Hall–Kier alpha value is -7.94. The Morgan fingerprint density at radius 3 is 1.44 bits per heavy atom. The van der Waals surface area contributed by atoms with Gasteiger partial charge in [0.25, 0.3) is 0 Å². The molecule has 2 heteroatoms. The second kappa shape index (κ2) is 15.2. The first kappa shape index (κ1) is 36.9. The van der Waals surface area contributed by atoms with Crippen LogP contribution in [0.3, 0.4) is 0 Å². The standard InChI is InChI=1S/C61H42BN/c1-5-17-43(18-6-1)44-29-34-49(35-30-44)62(50-36-31-45(32-37-50)46-33-40-60-56(41-46)55-26-14-16-28-59(55)63(60)52-23-11-4-12-24-52)51-38-39-54-53-25-13-15-27-57(53)61(58(54)42-51,47-19-7-2-8-20-47)48-21-9-3-10-22-48/h1-42H. The molecule has 0 N–H and O–H groups in total. The molecule has 12 rings (SSSR count). The van der Waals surface area contributed by atoms with Crippen LogP contribution in [0.4, 0.5) is 0 Å². The number of hydrogen-bond acceptors (Lipinski definition) is 0. The third-order valence-electron chi connectivity index (χ3n) is 13.4. The first-order valence-corrected chi connectivity index (χ1v) is 22.0. The molecule has 0 radical (unpaired) electrons. The fourth-order valence-electron chi connectivity index (χ4n) is 10.6. The van der Waals surface area contributed by atoms with Gasteiger partial charge < -0.3 is 4.57 Å². The van der Waals surface area contributed by atoms with Crippen LogP contribution in [-0.4, -0.2) is 11.3 Å². The Bertz CT molecular complexity index is 3370. The van der Waals surface area contributed by atoms with Gasteiger partial charge in [0, 0.05) is 16.5 Å². The minimum absolute atomic E-state index is 0.00606. The van der Waals surface area contributed by atoms with E-state index in [0.29, 0.717) is 0 Å². The molecule has 1 heterocycles. The Labute approximate surface area is 369 Å². The van der Waals surface area contributed by atoms with Crippen molar-refractivity contribution < 1.29 is 0 Å². The molecular formula is C61H42BN. The normalized spacial score (nSPS) is 12.6. The van der Waals surface area contributed by atoms with Crippen LogP contribution >= 0.6 is 0 Å². The number of para-hydroxylation sites is 2. The highest BCUT2D eigenvalue weighted by Crippen LogP contribution is 2.55. The highest BCUT2D eigenvalue weighted by molar-refractivity contribution is 6.95. The summed E-state index contributed by atoms with van der Waals surface area (Å²) in [4.78, 5) is 0. The van der Waals surface area contributed by atoms with Crippen molar-refractivity contribution in [2.45, 2.75) is 5.41 Å². The Kier molecular flexibility index (Phi) is 8.90. The van der Waals surface area contributed by atoms with Gasteiger partial charge in [0.2, 0.25) is 6.71 Å². The van der Waals surface area contributed by atoms with E-state index in [4.69, 9.17) is 0 Å². The van der Waals surface area contributed by atoms with E-state index < -0.39 is 5.41 Å². The topological polar surface area (TPSA) is 4.93 Å². The zero-order valence-corrected chi connectivity index (χ0v) is 34.8. The van der Waals surface area contributed by atoms with E-state index in [1.165, 1.54) is 99.5 Å². The Morgan fingerprint density at radius 1 is 0.302 bits per heavy atom. The molecule has 0 spiro atoms. The van der Waals surface area contributed by atoms with E-state index in [9.17, 15) is 0 Å². The summed E-state index contributed by atoms with van der Waals surface area (Å²) < 4.78 is 2.38. The maximum atomic E-state index is 2.52. The van der Waals surface area contributed by atoms with Crippen molar-refractivity contribution in [3.8, 4) is 39.1 Å². The smallest absolute Gasteiger partial charge is 0.241 e. The Morgan fingerprint density at radius 2 is 0.778 bits per heavy atom. The Balaban J connectivity index is 1.01. The quantitative estimate of drug-likeness (QED) is 0.135. The van der Waals surface area contributed by atoms with Crippen molar-refractivity contribution in [2.75, 3.05) is 0 Å². The molecule has 0 amide bonds. The molecule has 63 heavy (non-hydrogen) atoms. The molecule has 11 aromatic rings. The molecule has 0 atom stereocenters. The van der Waals surface area contributed by atoms with Crippen LogP contribution in [0.5, 0.6) is 0 Å². The molecule has 0 bridgehead atoms. The van der Waals surface area contributed by atoms with Crippen molar-refractivity contribution in [3.63, 3.8) is 0 Å². The van der Waals surface area contributed by atoms with Gasteiger partial charge in [0.05, 0.1) is 16.4 Å². The van der Waals surface area contributed by atoms with Gasteiger partial charge in [-0.25, -0.2) is 0 Å². The molecule has 0 saturated heterocycles. The molecule has 1 aliphatic carbocycles. The summed E-state index contributed by atoms with van der Waals surface area (Å²) in [7, 11) is 0. The lowest BCUT2D eigenvalue weighted by Crippen LogP contribution is -2.52. The van der Waals surface area contributed by atoms with Crippen molar-refractivity contribution >= 4 is 44.9 Å². The van der Waals surface area contributed by atoms with Gasteiger partial charge in [0.1, 0.15) is 0 Å². The van der Waals surface area contributed by atoms with Gasteiger partial charge in [-0.05, 0) is 86.0 Å². The molecular weight excluding hydrogens is 757 g/mol. The second-order valence-corrected chi connectivity index (χ2v) is 16.8. The number of hydrogen-bond donors (Lipinski definition) is 0. The zero-order chi connectivity index (χ0) is 41.7. The molecule has 0 fully saturated rings. The van der Waals surface area contributed by atoms with Gasteiger partial charge in [0.15, 0.2) is 0 Å². The van der Waals surface area contributed by atoms with Crippen molar-refractivity contribution in [1.82, 2.24) is 4.57 Å². The maximum absolute atomic E-state index is 2.52. The first-order chi connectivity index (χ1) is 31.3. The zero-order valence-electron chi connectivity index (χ0n) is 34.8. The average molecular weight is 800 g/mol. The molecule has 0 saturated carbocycles. The van der Waals surface area contributed by atoms with E-state index in [0.717, 1.165) is 0 Å². The van der Waals surface area contributed by atoms with Crippen LogP contribution in [-0.2, 0) is 5.41 Å². The summed E-state index contributed by atoms with van der Waals surface area (Å²) in [5.74, 6) is 0. The summed E-state index contributed by atoms with van der Waals surface area (Å²) in [6.07, 6.45) is 0. The molecule has 0 unspecified atom stereocenters. The van der Waals surface area contributed by atoms with Crippen LogP contribution in [0.15, 0.2) is 255 Å². The lowest BCUT2D eigenvalue weighted by molar-refractivity contribution is 0.769. The highest BCUT2D eigenvalue weighted by Gasteiger charge is 2.46. The van der Waals surface area contributed by atoms with Crippen molar-refractivity contribution in [3.05, 3.63) is 277 Å². The fourth-order valence-corrected chi connectivity index (χ4v) is 10.6. The summed E-state index contributed by atoms with van der Waals surface area (Å²) in [6.45, 7) is -0.00606. The van der Waals surface area contributed by atoms with Crippen LogP contribution in [0.1, 0.15) is 22.3 Å². The maximum Gasteiger partial charge on any atom is 0.241 e. The number of benzene rings is 10. The van der Waals surface area contributed by atoms with Gasteiger partial charge in [-0.1, -0.05) is 241 Å². The van der Waals surface area contributed by atoms with Gasteiger partial charge >= 0.3 is 0 Å². The predicted molar refractivity (Wildman–Crippen MR) is 266 cm³/mol. The molecule has 0 aliphatic heterocycles. The largest absolute Gasteiger partial charge is 0.309 e. The number of fused-ring (bicyclic) bond motifs is 6. The van der Waals surface area contributed by atoms with E-state index in [-0.39, 0.29) is 6.71 Å². The molecule has 10 aromatic carbocycles.